The Bertz CT molecular complexity index is 965. The van der Waals surface area contributed by atoms with Gasteiger partial charge in [-0.2, -0.15) is 0 Å². The molecule has 0 saturated heterocycles. The fourth-order valence-electron chi connectivity index (χ4n) is 3.53. The number of H-pyrrole nitrogens is 1. The molecule has 0 unspecified atom stereocenters. The zero-order valence-electron chi connectivity index (χ0n) is 13.1. The van der Waals surface area contributed by atoms with Gasteiger partial charge >= 0.3 is 0 Å². The number of halogens is 1. The summed E-state index contributed by atoms with van der Waals surface area (Å²) in [4.78, 5) is 16.3. The van der Waals surface area contributed by atoms with Crippen LogP contribution in [-0.2, 0) is 13.0 Å². The van der Waals surface area contributed by atoms with Crippen molar-refractivity contribution in [3.05, 3.63) is 51.4 Å². The third-order valence-corrected chi connectivity index (χ3v) is 4.91. The summed E-state index contributed by atoms with van der Waals surface area (Å²) < 4.78 is 0. The Labute approximate surface area is 143 Å². The molecule has 0 amide bonds. The quantitative estimate of drug-likeness (QED) is 0.670. The van der Waals surface area contributed by atoms with Crippen LogP contribution in [0.2, 0.25) is 5.02 Å². The van der Waals surface area contributed by atoms with Crippen LogP contribution < -0.4 is 0 Å². The van der Waals surface area contributed by atoms with Crippen molar-refractivity contribution in [3.8, 4) is 17.0 Å². The SMILES string of the molecule is CN1CCc2c(-c3cccc(Cl)c3)cc3c(N=O)c(O)[nH]c3c2C1. The van der Waals surface area contributed by atoms with Crippen LogP contribution in [0.4, 0.5) is 5.69 Å². The molecule has 5 nitrogen and oxygen atoms in total. The summed E-state index contributed by atoms with van der Waals surface area (Å²) >= 11 is 6.16. The van der Waals surface area contributed by atoms with Gasteiger partial charge in [0.15, 0.2) is 5.69 Å². The Morgan fingerprint density at radius 2 is 2.12 bits per heavy atom. The first kappa shape index (κ1) is 15.2. The Kier molecular flexibility index (Phi) is 3.55. The van der Waals surface area contributed by atoms with E-state index in [1.807, 2.05) is 30.3 Å². The molecule has 2 aromatic carbocycles. The minimum absolute atomic E-state index is 0.0595. The lowest BCUT2D eigenvalue weighted by Crippen LogP contribution is -2.27. The second kappa shape index (κ2) is 5.61. The number of aromatic hydroxyl groups is 1. The van der Waals surface area contributed by atoms with E-state index in [1.54, 1.807) is 0 Å². The number of nitrogens with one attached hydrogen (secondary N) is 1. The maximum atomic E-state index is 11.2. The van der Waals surface area contributed by atoms with Gasteiger partial charge in [-0.25, -0.2) is 0 Å². The standard InChI is InChI=1S/C18H16ClN3O2/c1-22-6-5-12-13(10-3-2-4-11(19)7-10)8-14-16(15(12)9-22)20-18(23)17(14)21-24/h2-4,7-8,20,23H,5-6,9H2,1H3. The minimum atomic E-state index is -0.182. The average molecular weight is 342 g/mol. The van der Waals surface area contributed by atoms with Crippen LogP contribution in [0.3, 0.4) is 0 Å². The van der Waals surface area contributed by atoms with Crippen LogP contribution in [0.15, 0.2) is 35.5 Å². The van der Waals surface area contributed by atoms with Crippen LogP contribution in [0.25, 0.3) is 22.0 Å². The maximum absolute atomic E-state index is 11.2. The largest absolute Gasteiger partial charge is 0.493 e. The van der Waals surface area contributed by atoms with E-state index < -0.39 is 0 Å². The minimum Gasteiger partial charge on any atom is -0.493 e. The van der Waals surface area contributed by atoms with Crippen molar-refractivity contribution in [3.63, 3.8) is 0 Å². The van der Waals surface area contributed by atoms with Crippen LogP contribution >= 0.6 is 11.6 Å². The van der Waals surface area contributed by atoms with Gasteiger partial charge in [-0.05, 0) is 59.1 Å². The fraction of sp³-hybridized carbons (Fsp3) is 0.222. The van der Waals surface area contributed by atoms with E-state index in [9.17, 15) is 10.0 Å². The molecule has 0 aliphatic carbocycles. The van der Waals surface area contributed by atoms with Gasteiger partial charge in [0, 0.05) is 23.5 Å². The summed E-state index contributed by atoms with van der Waals surface area (Å²) in [6, 6.07) is 9.60. The molecule has 3 aromatic rings. The first-order valence-corrected chi connectivity index (χ1v) is 8.13. The predicted octanol–water partition coefficient (Wildman–Crippen LogP) is 4.58. The zero-order valence-corrected chi connectivity index (χ0v) is 13.9. The zero-order chi connectivity index (χ0) is 16.8. The van der Waals surface area contributed by atoms with Gasteiger partial charge in [-0.1, -0.05) is 23.7 Å². The highest BCUT2D eigenvalue weighted by atomic mass is 35.5. The lowest BCUT2D eigenvalue weighted by molar-refractivity contribution is 0.314. The van der Waals surface area contributed by atoms with Crippen molar-refractivity contribution in [2.75, 3.05) is 13.6 Å². The molecule has 6 heteroatoms. The maximum Gasteiger partial charge on any atom is 0.219 e. The van der Waals surface area contributed by atoms with Crippen LogP contribution in [0.1, 0.15) is 11.1 Å². The Balaban J connectivity index is 2.08. The van der Waals surface area contributed by atoms with Crippen LogP contribution in [0, 0.1) is 4.91 Å². The summed E-state index contributed by atoms with van der Waals surface area (Å²) in [6.07, 6.45) is 0.896. The first-order chi connectivity index (χ1) is 11.6. The van der Waals surface area contributed by atoms with Crippen molar-refractivity contribution in [1.82, 2.24) is 9.88 Å². The van der Waals surface area contributed by atoms with Crippen molar-refractivity contribution in [2.45, 2.75) is 13.0 Å². The van der Waals surface area contributed by atoms with E-state index in [0.717, 1.165) is 41.7 Å². The molecule has 0 spiro atoms. The third-order valence-electron chi connectivity index (χ3n) is 4.67. The highest BCUT2D eigenvalue weighted by Crippen LogP contribution is 2.43. The van der Waals surface area contributed by atoms with Crippen molar-refractivity contribution in [1.29, 1.82) is 0 Å². The Morgan fingerprint density at radius 3 is 2.88 bits per heavy atom. The smallest absolute Gasteiger partial charge is 0.219 e. The number of benzene rings is 2. The van der Waals surface area contributed by atoms with E-state index >= 15 is 0 Å². The molecule has 2 N–H and O–H groups in total. The predicted molar refractivity (Wildman–Crippen MR) is 95.9 cm³/mol. The summed E-state index contributed by atoms with van der Waals surface area (Å²) in [6.45, 7) is 1.70. The van der Waals surface area contributed by atoms with Crippen LogP contribution in [-0.4, -0.2) is 28.6 Å². The summed E-state index contributed by atoms with van der Waals surface area (Å²) in [7, 11) is 2.06. The van der Waals surface area contributed by atoms with Gasteiger partial charge in [0.05, 0.1) is 5.52 Å². The molecule has 122 valence electrons. The van der Waals surface area contributed by atoms with Crippen molar-refractivity contribution < 1.29 is 5.11 Å². The highest BCUT2D eigenvalue weighted by molar-refractivity contribution is 6.30. The number of rotatable bonds is 2. The summed E-state index contributed by atoms with van der Waals surface area (Å²) in [5.74, 6) is -0.182. The molecule has 4 rings (SSSR count). The average Bonchev–Trinajstić information content (AvgIpc) is 2.89. The van der Waals surface area contributed by atoms with Gasteiger partial charge in [0.25, 0.3) is 0 Å². The van der Waals surface area contributed by atoms with Gasteiger partial charge < -0.3 is 15.0 Å². The summed E-state index contributed by atoms with van der Waals surface area (Å²) in [5.41, 5.74) is 5.21. The Hall–Kier alpha value is -2.37. The van der Waals surface area contributed by atoms with Gasteiger partial charge in [0.1, 0.15) is 0 Å². The highest BCUT2D eigenvalue weighted by Gasteiger charge is 2.24. The number of nitrogens with zero attached hydrogens (tertiary/aromatic N) is 2. The fourth-order valence-corrected chi connectivity index (χ4v) is 3.72. The molecule has 24 heavy (non-hydrogen) atoms. The van der Waals surface area contributed by atoms with Gasteiger partial charge in [-0.3, -0.25) is 0 Å². The first-order valence-electron chi connectivity index (χ1n) is 7.75. The molecule has 0 bridgehead atoms. The van der Waals surface area contributed by atoms with Crippen LogP contribution in [0.5, 0.6) is 5.88 Å². The lowest BCUT2D eigenvalue weighted by Gasteiger charge is -2.27. The van der Waals surface area contributed by atoms with Gasteiger partial charge in [-0.15, -0.1) is 4.91 Å². The molecule has 0 saturated carbocycles. The molecular formula is C18H16ClN3O2. The number of aromatic amines is 1. The van der Waals surface area contributed by atoms with E-state index in [4.69, 9.17) is 11.6 Å². The van der Waals surface area contributed by atoms with Crippen molar-refractivity contribution >= 4 is 28.2 Å². The number of likely N-dealkylation sites (N-methyl/N-ethyl adjacent to an activating group) is 1. The Morgan fingerprint density at radius 1 is 1.29 bits per heavy atom. The monoisotopic (exact) mass is 341 g/mol. The lowest BCUT2D eigenvalue weighted by atomic mass is 9.89. The van der Waals surface area contributed by atoms with E-state index in [0.29, 0.717) is 10.4 Å². The third kappa shape index (κ3) is 2.28. The van der Waals surface area contributed by atoms with E-state index in [2.05, 4.69) is 22.1 Å². The second-order valence-electron chi connectivity index (χ2n) is 6.22. The van der Waals surface area contributed by atoms with Gasteiger partial charge in [0.2, 0.25) is 5.88 Å². The number of hydrogen-bond donors (Lipinski definition) is 2. The van der Waals surface area contributed by atoms with Crippen molar-refractivity contribution in [2.24, 2.45) is 5.18 Å². The number of fused-ring (bicyclic) bond motifs is 3. The second-order valence-corrected chi connectivity index (χ2v) is 6.65. The normalized spacial score (nSPS) is 14.8. The molecule has 1 aliphatic rings. The molecule has 0 fully saturated rings. The summed E-state index contributed by atoms with van der Waals surface area (Å²) in [5, 5.41) is 14.3. The number of nitroso groups, excluding NO2 is 1. The molecule has 1 aromatic heterocycles. The molecule has 1 aliphatic heterocycles. The molecule has 0 atom stereocenters. The van der Waals surface area contributed by atoms with E-state index in [1.165, 1.54) is 5.56 Å². The topological polar surface area (TPSA) is 68.7 Å². The molecule has 2 heterocycles. The number of aromatic nitrogens is 1. The van der Waals surface area contributed by atoms with E-state index in [-0.39, 0.29) is 11.6 Å². The molecule has 0 radical (unpaired) electrons. The number of hydrogen-bond acceptors (Lipinski definition) is 4. The molecular weight excluding hydrogens is 326 g/mol.